The summed E-state index contributed by atoms with van der Waals surface area (Å²) in [6.45, 7) is 2.16. The van der Waals surface area contributed by atoms with Crippen molar-refractivity contribution in [2.45, 2.75) is 24.7 Å². The molecule has 0 amide bonds. The van der Waals surface area contributed by atoms with Crippen LogP contribution in [0.5, 0.6) is 0 Å². The Hall–Kier alpha value is -1.01. The van der Waals surface area contributed by atoms with Gasteiger partial charge in [-0.15, -0.1) is 11.8 Å². The first-order chi connectivity index (χ1) is 6.38. The van der Waals surface area contributed by atoms with E-state index in [0.717, 1.165) is 16.2 Å². The minimum absolute atomic E-state index is 0.733. The summed E-state index contributed by atoms with van der Waals surface area (Å²) >= 11 is 1.71. The van der Waals surface area contributed by atoms with Gasteiger partial charge < -0.3 is 0 Å². The number of hydrogen-bond acceptors (Lipinski definition) is 3. The summed E-state index contributed by atoms with van der Waals surface area (Å²) in [6.07, 6.45) is 5.79. The van der Waals surface area contributed by atoms with E-state index in [1.807, 2.05) is 0 Å². The second kappa shape index (κ2) is 5.60. The molecule has 0 aliphatic carbocycles. The molecule has 3 heteroatoms. The second-order valence-electron chi connectivity index (χ2n) is 2.69. The molecule has 0 N–H and O–H groups in total. The molecular formula is C10H12N2S. The van der Waals surface area contributed by atoms with Crippen LogP contribution < -0.4 is 0 Å². The van der Waals surface area contributed by atoms with Crippen molar-refractivity contribution in [2.24, 2.45) is 0 Å². The number of unbranched alkanes of at least 4 members (excludes halogenated alkanes) is 1. The van der Waals surface area contributed by atoms with Crippen LogP contribution in [0.15, 0.2) is 23.4 Å². The van der Waals surface area contributed by atoms with Gasteiger partial charge in [-0.1, -0.05) is 13.3 Å². The van der Waals surface area contributed by atoms with Crippen molar-refractivity contribution in [1.82, 2.24) is 4.98 Å². The third-order valence-electron chi connectivity index (χ3n) is 1.66. The van der Waals surface area contributed by atoms with Crippen LogP contribution in [0.4, 0.5) is 0 Å². The molecule has 1 aromatic rings. The zero-order valence-electron chi connectivity index (χ0n) is 7.66. The second-order valence-corrected chi connectivity index (χ2v) is 3.82. The van der Waals surface area contributed by atoms with Gasteiger partial charge in [-0.2, -0.15) is 5.26 Å². The number of rotatable bonds is 4. The highest BCUT2D eigenvalue weighted by molar-refractivity contribution is 7.99. The Morgan fingerprint density at radius 1 is 1.62 bits per heavy atom. The van der Waals surface area contributed by atoms with Crippen LogP contribution in [0.3, 0.4) is 0 Å². The smallest absolute Gasteiger partial charge is 0.100 e. The Morgan fingerprint density at radius 2 is 2.46 bits per heavy atom. The van der Waals surface area contributed by atoms with Crippen molar-refractivity contribution in [3.8, 4) is 6.07 Å². The summed E-state index contributed by atoms with van der Waals surface area (Å²) in [5.41, 5.74) is 0.733. The van der Waals surface area contributed by atoms with E-state index in [1.165, 1.54) is 12.8 Å². The van der Waals surface area contributed by atoms with Gasteiger partial charge in [0.1, 0.15) is 6.07 Å². The Bertz CT molecular complexity index is 304. The molecular weight excluding hydrogens is 180 g/mol. The number of pyridine rings is 1. The van der Waals surface area contributed by atoms with E-state index >= 15 is 0 Å². The molecule has 0 unspecified atom stereocenters. The highest BCUT2D eigenvalue weighted by Gasteiger charge is 2.00. The molecule has 0 saturated carbocycles. The molecule has 1 rings (SSSR count). The predicted molar refractivity (Wildman–Crippen MR) is 54.6 cm³/mol. The van der Waals surface area contributed by atoms with Crippen molar-refractivity contribution in [3.63, 3.8) is 0 Å². The fraction of sp³-hybridized carbons (Fsp3) is 0.400. The molecule has 13 heavy (non-hydrogen) atoms. The Kier molecular flexibility index (Phi) is 4.34. The number of nitriles is 1. The maximum absolute atomic E-state index is 8.78. The molecule has 0 fully saturated rings. The molecule has 68 valence electrons. The van der Waals surface area contributed by atoms with Gasteiger partial charge in [-0.25, -0.2) is 0 Å². The van der Waals surface area contributed by atoms with Gasteiger partial charge in [0.2, 0.25) is 0 Å². The minimum Gasteiger partial charge on any atom is -0.263 e. The van der Waals surface area contributed by atoms with Gasteiger partial charge in [0.25, 0.3) is 0 Å². The first-order valence-electron chi connectivity index (χ1n) is 4.35. The summed E-state index contributed by atoms with van der Waals surface area (Å²) in [5, 5.41) is 8.78. The average Bonchev–Trinajstić information content (AvgIpc) is 2.19. The predicted octanol–water partition coefficient (Wildman–Crippen LogP) is 2.85. The van der Waals surface area contributed by atoms with Crippen LogP contribution in [0, 0.1) is 11.3 Å². The van der Waals surface area contributed by atoms with E-state index in [-0.39, 0.29) is 0 Å². The van der Waals surface area contributed by atoms with E-state index in [1.54, 1.807) is 30.2 Å². The van der Waals surface area contributed by atoms with Crippen LogP contribution >= 0.6 is 11.8 Å². The van der Waals surface area contributed by atoms with E-state index in [0.29, 0.717) is 0 Å². The van der Waals surface area contributed by atoms with Crippen LogP contribution in [0.25, 0.3) is 0 Å². The van der Waals surface area contributed by atoms with Crippen LogP contribution in [0.2, 0.25) is 0 Å². The molecule has 2 nitrogen and oxygen atoms in total. The lowest BCUT2D eigenvalue weighted by Gasteiger charge is -2.00. The van der Waals surface area contributed by atoms with Gasteiger partial charge >= 0.3 is 0 Å². The van der Waals surface area contributed by atoms with Gasteiger partial charge in [0, 0.05) is 17.3 Å². The molecule has 0 aliphatic heterocycles. The lowest BCUT2D eigenvalue weighted by Crippen LogP contribution is -1.84. The van der Waals surface area contributed by atoms with E-state index in [4.69, 9.17) is 5.26 Å². The zero-order valence-corrected chi connectivity index (χ0v) is 8.47. The lowest BCUT2D eigenvalue weighted by molar-refractivity contribution is 0.896. The SMILES string of the molecule is CCCCSc1cnccc1C#N. The molecule has 0 aromatic carbocycles. The largest absolute Gasteiger partial charge is 0.263 e. The highest BCUT2D eigenvalue weighted by atomic mass is 32.2. The van der Waals surface area contributed by atoms with Crippen molar-refractivity contribution in [2.75, 3.05) is 5.75 Å². The third-order valence-corrected chi connectivity index (χ3v) is 2.79. The van der Waals surface area contributed by atoms with Crippen molar-refractivity contribution >= 4 is 11.8 Å². The molecule has 0 spiro atoms. The maximum Gasteiger partial charge on any atom is 0.100 e. The minimum atomic E-state index is 0.733. The summed E-state index contributed by atoms with van der Waals surface area (Å²) in [4.78, 5) is 5.00. The standard InChI is InChI=1S/C10H12N2S/c1-2-3-6-13-10-8-12-5-4-9(10)7-11/h4-5,8H,2-3,6H2,1H3. The number of nitrogens with zero attached hydrogens (tertiary/aromatic N) is 2. The first kappa shape index (κ1) is 10.1. The van der Waals surface area contributed by atoms with Gasteiger partial charge in [0.15, 0.2) is 0 Å². The summed E-state index contributed by atoms with van der Waals surface area (Å²) in [6, 6.07) is 3.92. The summed E-state index contributed by atoms with van der Waals surface area (Å²) in [5.74, 6) is 1.07. The van der Waals surface area contributed by atoms with Gasteiger partial charge in [0.05, 0.1) is 5.56 Å². The topological polar surface area (TPSA) is 36.7 Å². The van der Waals surface area contributed by atoms with Crippen LogP contribution in [0.1, 0.15) is 25.3 Å². The number of aromatic nitrogens is 1. The van der Waals surface area contributed by atoms with Crippen LogP contribution in [-0.2, 0) is 0 Å². The molecule has 0 radical (unpaired) electrons. The number of thioether (sulfide) groups is 1. The van der Waals surface area contributed by atoms with Crippen molar-refractivity contribution in [1.29, 1.82) is 5.26 Å². The van der Waals surface area contributed by atoms with E-state index < -0.39 is 0 Å². The quantitative estimate of drug-likeness (QED) is 0.543. The normalized spacial score (nSPS) is 9.54. The number of hydrogen-bond donors (Lipinski definition) is 0. The Labute approximate surface area is 83.0 Å². The fourth-order valence-corrected chi connectivity index (χ4v) is 1.97. The fourth-order valence-electron chi connectivity index (χ4n) is 0.914. The summed E-state index contributed by atoms with van der Waals surface area (Å²) < 4.78 is 0. The van der Waals surface area contributed by atoms with Gasteiger partial charge in [-0.05, 0) is 18.2 Å². The van der Waals surface area contributed by atoms with Crippen LogP contribution in [-0.4, -0.2) is 10.7 Å². The van der Waals surface area contributed by atoms with Crippen molar-refractivity contribution in [3.05, 3.63) is 24.0 Å². The first-order valence-corrected chi connectivity index (χ1v) is 5.34. The molecule has 0 aliphatic rings. The Balaban J connectivity index is 2.60. The zero-order chi connectivity index (χ0) is 9.52. The Morgan fingerprint density at radius 3 is 3.15 bits per heavy atom. The molecule has 1 heterocycles. The molecule has 0 atom stereocenters. The maximum atomic E-state index is 8.78. The third kappa shape index (κ3) is 3.08. The average molecular weight is 192 g/mol. The lowest BCUT2D eigenvalue weighted by atomic mass is 10.3. The molecule has 0 bridgehead atoms. The van der Waals surface area contributed by atoms with Gasteiger partial charge in [-0.3, -0.25) is 4.98 Å². The van der Waals surface area contributed by atoms with E-state index in [2.05, 4.69) is 18.0 Å². The molecule has 0 saturated heterocycles. The highest BCUT2D eigenvalue weighted by Crippen LogP contribution is 2.21. The summed E-state index contributed by atoms with van der Waals surface area (Å²) in [7, 11) is 0. The van der Waals surface area contributed by atoms with E-state index in [9.17, 15) is 0 Å². The van der Waals surface area contributed by atoms with Crippen molar-refractivity contribution < 1.29 is 0 Å². The monoisotopic (exact) mass is 192 g/mol. The molecule has 1 aromatic heterocycles.